The summed E-state index contributed by atoms with van der Waals surface area (Å²) in [6.45, 7) is 4.94. The maximum absolute atomic E-state index is 5.88. The zero-order chi connectivity index (χ0) is 14.2. The van der Waals surface area contributed by atoms with Crippen LogP contribution < -0.4 is 11.3 Å². The number of hydrogen-bond donors (Lipinski definition) is 2. The van der Waals surface area contributed by atoms with E-state index in [-0.39, 0.29) is 0 Å². The molecule has 0 aromatic carbocycles. The van der Waals surface area contributed by atoms with Crippen molar-refractivity contribution in [1.82, 2.24) is 10.3 Å². The van der Waals surface area contributed by atoms with Gasteiger partial charge in [-0.15, -0.1) is 0 Å². The van der Waals surface area contributed by atoms with Crippen molar-refractivity contribution < 1.29 is 4.74 Å². The molecule has 0 spiro atoms. The average Bonchev–Trinajstić information content (AvgIpc) is 2.52. The van der Waals surface area contributed by atoms with Crippen LogP contribution >= 0.6 is 0 Å². The van der Waals surface area contributed by atoms with Gasteiger partial charge in [0, 0.05) is 19.7 Å². The molecule has 1 aliphatic heterocycles. The number of hydrazine groups is 1. The number of nitrogens with one attached hydrogen (secondary N) is 1. The Morgan fingerprint density at radius 1 is 1.25 bits per heavy atom. The molecule has 1 saturated carbocycles. The summed E-state index contributed by atoms with van der Waals surface area (Å²) in [5.41, 5.74) is 2.82. The van der Waals surface area contributed by atoms with E-state index in [1.165, 1.54) is 32.1 Å². The van der Waals surface area contributed by atoms with Crippen molar-refractivity contribution in [3.05, 3.63) is 0 Å². The third kappa shape index (κ3) is 4.63. The van der Waals surface area contributed by atoms with Crippen LogP contribution in [0, 0.1) is 0 Å². The molecular weight excluding hydrogens is 252 g/mol. The highest BCUT2D eigenvalue weighted by atomic mass is 16.5. The first-order valence-electron chi connectivity index (χ1n) is 8.24. The van der Waals surface area contributed by atoms with Gasteiger partial charge in [0.2, 0.25) is 5.96 Å². The van der Waals surface area contributed by atoms with Crippen molar-refractivity contribution in [2.24, 2.45) is 10.8 Å². The number of ether oxygens (including phenoxy) is 1. The van der Waals surface area contributed by atoms with Gasteiger partial charge in [-0.05, 0) is 32.1 Å². The second-order valence-electron chi connectivity index (χ2n) is 5.97. The van der Waals surface area contributed by atoms with Gasteiger partial charge < -0.3 is 9.64 Å². The number of guanidine groups is 1. The molecule has 116 valence electrons. The van der Waals surface area contributed by atoms with Crippen LogP contribution in [-0.4, -0.2) is 42.7 Å². The average molecular weight is 282 g/mol. The third-order valence-corrected chi connectivity index (χ3v) is 4.24. The van der Waals surface area contributed by atoms with Crippen molar-refractivity contribution in [1.29, 1.82) is 0 Å². The molecule has 0 aromatic heterocycles. The summed E-state index contributed by atoms with van der Waals surface area (Å²) in [6, 6.07) is 0.451. The van der Waals surface area contributed by atoms with Gasteiger partial charge >= 0.3 is 0 Å². The van der Waals surface area contributed by atoms with Crippen LogP contribution in [0.1, 0.15) is 58.3 Å². The molecule has 2 fully saturated rings. The summed E-state index contributed by atoms with van der Waals surface area (Å²) in [6.07, 6.45) is 10.1. The highest BCUT2D eigenvalue weighted by molar-refractivity contribution is 5.79. The smallest absolute Gasteiger partial charge is 0.208 e. The van der Waals surface area contributed by atoms with Crippen molar-refractivity contribution >= 4 is 5.96 Å². The fourth-order valence-corrected chi connectivity index (χ4v) is 3.14. The van der Waals surface area contributed by atoms with Gasteiger partial charge in [-0.1, -0.05) is 26.2 Å². The van der Waals surface area contributed by atoms with E-state index in [0.29, 0.717) is 12.1 Å². The SMILES string of the molecule is CCCOC1CCCN(C(=NC2CCCCC2)NN)C1. The molecule has 1 aliphatic carbocycles. The second kappa shape index (κ2) is 8.47. The van der Waals surface area contributed by atoms with Crippen molar-refractivity contribution in [2.75, 3.05) is 19.7 Å². The van der Waals surface area contributed by atoms with Gasteiger partial charge in [-0.25, -0.2) is 10.8 Å². The van der Waals surface area contributed by atoms with Crippen LogP contribution in [-0.2, 0) is 4.74 Å². The molecule has 0 radical (unpaired) electrons. The monoisotopic (exact) mass is 282 g/mol. The Balaban J connectivity index is 1.90. The van der Waals surface area contributed by atoms with Crippen LogP contribution in [0.3, 0.4) is 0 Å². The predicted molar refractivity (Wildman–Crippen MR) is 82.5 cm³/mol. The molecule has 2 rings (SSSR count). The summed E-state index contributed by atoms with van der Waals surface area (Å²) < 4.78 is 5.88. The maximum Gasteiger partial charge on any atom is 0.208 e. The van der Waals surface area contributed by atoms with Gasteiger partial charge in [0.25, 0.3) is 0 Å². The zero-order valence-electron chi connectivity index (χ0n) is 12.8. The summed E-state index contributed by atoms with van der Waals surface area (Å²) >= 11 is 0. The molecular formula is C15H30N4O. The number of likely N-dealkylation sites (tertiary alicyclic amines) is 1. The summed E-state index contributed by atoms with van der Waals surface area (Å²) in [5, 5.41) is 0. The minimum atomic E-state index is 0.327. The number of hydrogen-bond acceptors (Lipinski definition) is 3. The summed E-state index contributed by atoms with van der Waals surface area (Å²) in [5.74, 6) is 6.57. The normalized spacial score (nSPS) is 25.8. The van der Waals surface area contributed by atoms with Crippen LogP contribution in [0.15, 0.2) is 4.99 Å². The molecule has 1 saturated heterocycles. The van der Waals surface area contributed by atoms with Gasteiger partial charge in [0.1, 0.15) is 0 Å². The molecule has 2 aliphatic rings. The van der Waals surface area contributed by atoms with Crippen LogP contribution in [0.4, 0.5) is 0 Å². The fraction of sp³-hybridized carbons (Fsp3) is 0.933. The highest BCUT2D eigenvalue weighted by Gasteiger charge is 2.23. The lowest BCUT2D eigenvalue weighted by Gasteiger charge is -2.35. The highest BCUT2D eigenvalue weighted by Crippen LogP contribution is 2.21. The molecule has 3 N–H and O–H groups in total. The van der Waals surface area contributed by atoms with E-state index in [1.54, 1.807) is 0 Å². The number of nitrogens with zero attached hydrogens (tertiary/aromatic N) is 2. The molecule has 20 heavy (non-hydrogen) atoms. The van der Waals surface area contributed by atoms with E-state index >= 15 is 0 Å². The summed E-state index contributed by atoms with van der Waals surface area (Å²) in [7, 11) is 0. The first-order chi connectivity index (χ1) is 9.83. The standard InChI is InChI=1S/C15H30N4O/c1-2-11-20-14-9-6-10-19(12-14)15(18-16)17-13-7-4-3-5-8-13/h13-14H,2-12,16H2,1H3,(H,17,18). The van der Waals surface area contributed by atoms with E-state index in [1.807, 2.05) is 0 Å². The lowest BCUT2D eigenvalue weighted by atomic mass is 9.96. The van der Waals surface area contributed by atoms with Crippen molar-refractivity contribution in [2.45, 2.75) is 70.4 Å². The molecule has 0 amide bonds. The molecule has 5 nitrogen and oxygen atoms in total. The van der Waals surface area contributed by atoms with Crippen LogP contribution in [0.2, 0.25) is 0 Å². The largest absolute Gasteiger partial charge is 0.376 e. The third-order valence-electron chi connectivity index (χ3n) is 4.24. The first kappa shape index (κ1) is 15.6. The number of rotatable bonds is 4. The quantitative estimate of drug-likeness (QED) is 0.358. The fourth-order valence-electron chi connectivity index (χ4n) is 3.14. The Kier molecular flexibility index (Phi) is 6.60. The van der Waals surface area contributed by atoms with Gasteiger partial charge in [0.05, 0.1) is 12.1 Å². The molecule has 1 atom stereocenters. The van der Waals surface area contributed by atoms with Gasteiger partial charge in [-0.3, -0.25) is 5.43 Å². The molecule has 0 bridgehead atoms. The minimum absolute atomic E-state index is 0.327. The van der Waals surface area contributed by atoms with Crippen molar-refractivity contribution in [3.8, 4) is 0 Å². The topological polar surface area (TPSA) is 62.9 Å². The van der Waals surface area contributed by atoms with Gasteiger partial charge in [-0.2, -0.15) is 0 Å². The zero-order valence-corrected chi connectivity index (χ0v) is 12.8. The van der Waals surface area contributed by atoms with E-state index in [0.717, 1.165) is 44.9 Å². The van der Waals surface area contributed by atoms with Gasteiger partial charge in [0.15, 0.2) is 0 Å². The predicted octanol–water partition coefficient (Wildman–Crippen LogP) is 2.03. The Bertz CT molecular complexity index is 302. The van der Waals surface area contributed by atoms with Crippen LogP contribution in [0.25, 0.3) is 0 Å². The number of piperidine rings is 1. The number of nitrogens with two attached hydrogens (primary N) is 1. The Labute approximate surface area is 122 Å². The molecule has 5 heteroatoms. The number of aliphatic imine (C=N–C) groups is 1. The van der Waals surface area contributed by atoms with E-state index in [9.17, 15) is 0 Å². The minimum Gasteiger partial charge on any atom is -0.376 e. The Hall–Kier alpha value is -0.810. The van der Waals surface area contributed by atoms with E-state index in [2.05, 4.69) is 17.2 Å². The molecule has 1 heterocycles. The maximum atomic E-state index is 5.88. The Morgan fingerprint density at radius 2 is 2.05 bits per heavy atom. The van der Waals surface area contributed by atoms with E-state index < -0.39 is 0 Å². The molecule has 1 unspecified atom stereocenters. The second-order valence-corrected chi connectivity index (χ2v) is 5.97. The lowest BCUT2D eigenvalue weighted by molar-refractivity contribution is 0.0157. The Morgan fingerprint density at radius 3 is 2.75 bits per heavy atom. The van der Waals surface area contributed by atoms with E-state index in [4.69, 9.17) is 15.6 Å². The lowest BCUT2D eigenvalue weighted by Crippen LogP contribution is -2.51. The van der Waals surface area contributed by atoms with Crippen molar-refractivity contribution in [3.63, 3.8) is 0 Å². The first-order valence-corrected chi connectivity index (χ1v) is 8.24. The summed E-state index contributed by atoms with van der Waals surface area (Å²) in [4.78, 5) is 7.11. The molecule has 0 aromatic rings. The van der Waals surface area contributed by atoms with Crippen LogP contribution in [0.5, 0.6) is 0 Å².